The molecule has 15 amide bonds. The van der Waals surface area contributed by atoms with Gasteiger partial charge in [-0.05, 0) is 122 Å². The number of nitrogens with two attached hydrogens (primary N) is 1. The lowest BCUT2D eigenvalue weighted by atomic mass is 9.95. The predicted octanol–water partition coefficient (Wildman–Crippen LogP) is -1.37. The van der Waals surface area contributed by atoms with Gasteiger partial charge in [0, 0.05) is 91.1 Å². The lowest BCUT2D eigenvalue weighted by Crippen LogP contribution is -2.62. The fraction of sp³-hybridized carbons (Fsp3) is 0.411. The Morgan fingerprint density at radius 2 is 0.818 bits per heavy atom. The molecule has 0 saturated carbocycles. The Labute approximate surface area is 762 Å². The van der Waals surface area contributed by atoms with Gasteiger partial charge in [-0.1, -0.05) is 107 Å². The predicted molar refractivity (Wildman–Crippen MR) is 481 cm³/mol. The number of carbonyl (C=O) groups is 16. The van der Waals surface area contributed by atoms with Crippen molar-refractivity contribution in [2.24, 2.45) is 17.6 Å². The van der Waals surface area contributed by atoms with E-state index in [4.69, 9.17) is 5.73 Å². The Morgan fingerprint density at radius 1 is 0.439 bits per heavy atom. The van der Waals surface area contributed by atoms with Gasteiger partial charge in [-0.2, -0.15) is 0 Å². The minimum Gasteiger partial charge on any atom is -0.508 e. The summed E-state index contributed by atoms with van der Waals surface area (Å²) >= 11 is 0.734. The van der Waals surface area contributed by atoms with Crippen molar-refractivity contribution in [3.05, 3.63) is 180 Å². The van der Waals surface area contributed by atoms with Gasteiger partial charge in [0.2, 0.25) is 88.6 Å². The van der Waals surface area contributed by atoms with Crippen molar-refractivity contribution >= 4 is 128 Å². The van der Waals surface area contributed by atoms with Crippen molar-refractivity contribution < 1.29 is 107 Å². The van der Waals surface area contributed by atoms with Gasteiger partial charge in [-0.15, -0.1) is 11.8 Å². The van der Waals surface area contributed by atoms with E-state index in [-0.39, 0.29) is 67.4 Å². The SMILES string of the molecule is CC[C@H](C)[C@@H]1NC(=O)[C@H](CC(C)C)NC(=O)[C@@H](Cc2ccc(O)cc2)NC(=O)CSC[C@@H](C(N)=O)NC(=O)[C@H](CO)NC(=O)[C@H](Cc2c[nH]cn2)NC(=O)[C@H](CCC(=O)O)NC(=O)[C@H](Cc2c[nH]c3ccccc23)NC(=O)[C@H](Cc2c[nH]c3ccccc23)NC(=O)[C@H]([C@@H](C)O)NC(=O)[C@H](Cc2ccc(O)cc2)NC(=O)[C@H](C)NC(=O)[C@H](C)NC(=O)[C@H](Cc2ccc(O)cc2)NC1=O. The van der Waals surface area contributed by atoms with Crippen molar-refractivity contribution in [3.63, 3.8) is 0 Å². The number of nitrogens with zero attached hydrogens (tertiary/aromatic N) is 1. The first-order chi connectivity index (χ1) is 62.8. The van der Waals surface area contributed by atoms with E-state index in [0.717, 1.165) is 18.7 Å². The molecule has 1 saturated heterocycles. The summed E-state index contributed by atoms with van der Waals surface area (Å²) in [5.74, 6) is -19.8. The van der Waals surface area contributed by atoms with Crippen LogP contribution in [-0.2, 0) is 115 Å². The molecule has 25 N–H and O–H groups in total. The fourth-order valence-electron chi connectivity index (χ4n) is 14.5. The molecule has 4 heterocycles. The average Bonchev–Trinajstić information content (AvgIpc) is 1.66. The van der Waals surface area contributed by atoms with Crippen molar-refractivity contribution in [2.75, 3.05) is 18.1 Å². The molecule has 3 aromatic heterocycles. The summed E-state index contributed by atoms with van der Waals surface area (Å²) in [5, 5.41) is 100. The Hall–Kier alpha value is -14.4. The van der Waals surface area contributed by atoms with E-state index in [9.17, 15) is 93.0 Å². The van der Waals surface area contributed by atoms with Crippen LogP contribution < -0.4 is 80.2 Å². The van der Waals surface area contributed by atoms with Crippen LogP contribution in [0.5, 0.6) is 17.2 Å². The summed E-state index contributed by atoms with van der Waals surface area (Å²) in [6.45, 7) is 9.31. The van der Waals surface area contributed by atoms with E-state index in [2.05, 4.69) is 94.4 Å². The van der Waals surface area contributed by atoms with Crippen LogP contribution in [0.15, 0.2) is 146 Å². The van der Waals surface area contributed by atoms with Crippen molar-refractivity contribution in [3.8, 4) is 17.2 Å². The monoisotopic (exact) mass is 1840 g/mol. The number of primary amides is 1. The first kappa shape index (κ1) is 101. The molecular weight excluding hydrogens is 1730 g/mol. The molecule has 0 radical (unpaired) electrons. The largest absolute Gasteiger partial charge is 0.508 e. The average molecular weight is 1850 g/mol. The number of thioether (sulfide) groups is 1. The van der Waals surface area contributed by atoms with E-state index < -0.39 is 235 Å². The highest BCUT2D eigenvalue weighted by atomic mass is 32.2. The zero-order chi connectivity index (χ0) is 96.2. The maximum atomic E-state index is 15.5. The fourth-order valence-corrected chi connectivity index (χ4v) is 15.4. The summed E-state index contributed by atoms with van der Waals surface area (Å²) < 4.78 is 0. The van der Waals surface area contributed by atoms with E-state index >= 15 is 14.4 Å². The first-order valence-corrected chi connectivity index (χ1v) is 44.0. The van der Waals surface area contributed by atoms with Crippen molar-refractivity contribution in [2.45, 2.75) is 203 Å². The van der Waals surface area contributed by atoms with E-state index in [0.29, 0.717) is 49.6 Å². The smallest absolute Gasteiger partial charge is 0.303 e. The highest BCUT2D eigenvalue weighted by Crippen LogP contribution is 2.25. The molecule has 0 spiro atoms. The second kappa shape index (κ2) is 48.3. The Balaban J connectivity index is 1.08. The molecule has 42 heteroatoms. The number of carboxylic acid groups (broad SMARTS) is 1. The number of rotatable bonds is 22. The van der Waals surface area contributed by atoms with Crippen LogP contribution in [0.25, 0.3) is 21.8 Å². The molecule has 132 heavy (non-hydrogen) atoms. The van der Waals surface area contributed by atoms with Gasteiger partial charge in [0.15, 0.2) is 0 Å². The standard InChI is InChI=1S/C90H113N19O22S/c1-8-46(4)75-89(130)104-66(33-51-19-25-57(113)26-20-51)81(122)97-47(5)78(119)96-48(6)79(120)100-67(34-52-21-27-58(114)28-22-52)87(128)109-76(49(7)111)90(131)105-69(36-54-39-94-62-16-12-10-14-60(54)62)84(125)102-68(35-53-38-93-61-15-11-9-13-59(53)61)83(124)99-63(29-30-74(116)117)80(121)103-70(37-55-40-92-44-95-55)85(126)106-71(41-110)88(129)107-72(77(91)118)42-132-43-73(115)98-65(32-50-17-23-56(112)24-18-50)82(123)101-64(31-45(2)3)86(127)108-75/h9-28,38-40,44-49,63-72,75-76,93-94,110-114H,8,29-37,41-43H2,1-7H3,(H2,91,118)(H,92,95)(H,96,119)(H,97,122)(H,98,115)(H,99,124)(H,100,120)(H,101,123)(H,102,125)(H,103,121)(H,104,130)(H,105,131)(H,106,126)(H,107,129)(H,108,127)(H,109,128)(H,116,117)/t46-,47-,48-,49+,63-,64-,65+,66-,67-,68-,69-,70-,71-,72-,75-,76-/m0/s1. The number of aromatic nitrogens is 4. The number of carbonyl (C=O) groups excluding carboxylic acids is 15. The number of aliphatic hydroxyl groups excluding tert-OH is 2. The van der Waals surface area contributed by atoms with Crippen LogP contribution in [-0.4, -0.2) is 254 Å². The van der Waals surface area contributed by atoms with E-state index in [1.165, 1.54) is 99.2 Å². The number of carboxylic acids is 1. The van der Waals surface area contributed by atoms with Crippen LogP contribution in [0.1, 0.15) is 108 Å². The van der Waals surface area contributed by atoms with Gasteiger partial charge < -0.3 is 126 Å². The van der Waals surface area contributed by atoms with Crippen LogP contribution >= 0.6 is 11.8 Å². The number of aromatic hydroxyl groups is 3. The van der Waals surface area contributed by atoms with Gasteiger partial charge in [0.1, 0.15) is 102 Å². The number of aliphatic carboxylic acids is 1. The van der Waals surface area contributed by atoms with Crippen molar-refractivity contribution in [1.29, 1.82) is 0 Å². The van der Waals surface area contributed by atoms with Crippen LogP contribution in [0, 0.1) is 11.8 Å². The summed E-state index contributed by atoms with van der Waals surface area (Å²) in [6.07, 6.45) is 0.379. The van der Waals surface area contributed by atoms with E-state index in [1.807, 2.05) is 0 Å². The molecule has 41 nitrogen and oxygen atoms in total. The number of imidazole rings is 1. The Bertz CT molecular complexity index is 5400. The quantitative estimate of drug-likeness (QED) is 0.0372. The topological polar surface area (TPSA) is 649 Å². The number of hydrogen-bond donors (Lipinski definition) is 24. The molecular formula is C90H113N19O22S. The number of para-hydroxylation sites is 2. The van der Waals surface area contributed by atoms with Gasteiger partial charge in [-0.25, -0.2) is 4.98 Å². The molecule has 1 aliphatic rings. The number of fused-ring (bicyclic) bond motifs is 2. The second-order valence-electron chi connectivity index (χ2n) is 32.9. The number of phenols is 3. The second-order valence-corrected chi connectivity index (χ2v) is 33.9. The number of phenolic OH excluding ortho intramolecular Hbond substituents is 3. The number of H-pyrrole nitrogens is 3. The zero-order valence-electron chi connectivity index (χ0n) is 73.5. The zero-order valence-corrected chi connectivity index (χ0v) is 74.3. The summed E-state index contributed by atoms with van der Waals surface area (Å²) in [7, 11) is 0. The van der Waals surface area contributed by atoms with Crippen LogP contribution in [0.3, 0.4) is 0 Å². The molecule has 706 valence electrons. The van der Waals surface area contributed by atoms with Gasteiger partial charge >= 0.3 is 5.97 Å². The Kier molecular flexibility index (Phi) is 37.1. The normalized spacial score (nSPS) is 23.8. The third kappa shape index (κ3) is 29.8. The molecule has 0 aliphatic carbocycles. The number of nitrogens with one attached hydrogen (secondary N) is 17. The molecule has 5 aromatic carbocycles. The lowest BCUT2D eigenvalue weighted by molar-refractivity contribution is -0.139. The highest BCUT2D eigenvalue weighted by Gasteiger charge is 2.40. The summed E-state index contributed by atoms with van der Waals surface area (Å²) in [6, 6.07) is 6.88. The molecule has 0 bridgehead atoms. The number of aromatic amines is 3. The summed E-state index contributed by atoms with van der Waals surface area (Å²) in [4.78, 5) is 245. The van der Waals surface area contributed by atoms with Gasteiger partial charge in [0.05, 0.1) is 30.5 Å². The maximum absolute atomic E-state index is 15.5. The first-order valence-electron chi connectivity index (χ1n) is 42.9. The third-order valence-corrected chi connectivity index (χ3v) is 23.1. The molecule has 16 atom stereocenters. The number of aliphatic hydroxyl groups is 2. The van der Waals surface area contributed by atoms with Crippen LogP contribution in [0.2, 0.25) is 0 Å². The van der Waals surface area contributed by atoms with Crippen LogP contribution in [0.4, 0.5) is 0 Å². The maximum Gasteiger partial charge on any atom is 0.303 e. The molecule has 8 aromatic rings. The highest BCUT2D eigenvalue weighted by molar-refractivity contribution is 8.00. The minimum atomic E-state index is -1.98. The molecule has 1 aliphatic heterocycles. The third-order valence-electron chi connectivity index (χ3n) is 22.1. The summed E-state index contributed by atoms with van der Waals surface area (Å²) in [5.41, 5.74) is 9.01. The number of hydrogen-bond acceptors (Lipinski definition) is 23. The number of benzene rings is 5. The molecule has 9 rings (SSSR count). The van der Waals surface area contributed by atoms with Gasteiger partial charge in [0.25, 0.3) is 0 Å². The minimum absolute atomic E-state index is 0.0536. The Morgan fingerprint density at radius 3 is 1.27 bits per heavy atom. The molecule has 1 fully saturated rings. The molecule has 0 unspecified atom stereocenters. The number of amides is 15. The van der Waals surface area contributed by atoms with Crippen molar-refractivity contribution in [1.82, 2.24) is 94.4 Å². The lowest BCUT2D eigenvalue weighted by Gasteiger charge is -2.30. The van der Waals surface area contributed by atoms with Gasteiger partial charge in [-0.3, -0.25) is 76.7 Å². The van der Waals surface area contributed by atoms with E-state index in [1.54, 1.807) is 88.6 Å².